The third kappa shape index (κ3) is 4.50. The molecule has 0 aliphatic rings. The average Bonchev–Trinajstić information content (AvgIpc) is 2.25. The Morgan fingerprint density at radius 3 is 2.50 bits per heavy atom. The number of carbonyl (C=O) groups excluding carboxylic acids is 1. The zero-order chi connectivity index (χ0) is 10.1. The Morgan fingerprint density at radius 1 is 1.07 bits per heavy atom. The number of rotatable bonds is 7. The van der Waals surface area contributed by atoms with Crippen LogP contribution in [0.4, 0.5) is 0 Å². The number of hydrogen-bond acceptors (Lipinski definition) is 3. The maximum atomic E-state index is 9.81. The molecular formula is C11H14O3. The van der Waals surface area contributed by atoms with Crippen molar-refractivity contribution in [1.29, 1.82) is 0 Å². The fourth-order valence-electron chi connectivity index (χ4n) is 1.04. The fraction of sp³-hybridized carbons (Fsp3) is 0.364. The van der Waals surface area contributed by atoms with Crippen LogP contribution >= 0.6 is 0 Å². The van der Waals surface area contributed by atoms with Crippen LogP contribution < -0.4 is 4.74 Å². The van der Waals surface area contributed by atoms with Crippen molar-refractivity contribution in [2.24, 2.45) is 0 Å². The summed E-state index contributed by atoms with van der Waals surface area (Å²) in [6, 6.07) is 9.66. The molecule has 0 bridgehead atoms. The number of benzene rings is 1. The predicted molar refractivity (Wildman–Crippen MR) is 53.2 cm³/mol. The monoisotopic (exact) mass is 194 g/mol. The van der Waals surface area contributed by atoms with Crippen LogP contribution in [0, 0.1) is 0 Å². The molecule has 0 heterocycles. The highest BCUT2D eigenvalue weighted by Gasteiger charge is 1.91. The van der Waals surface area contributed by atoms with Crippen molar-refractivity contribution < 1.29 is 14.3 Å². The van der Waals surface area contributed by atoms with Crippen LogP contribution in [0.25, 0.3) is 0 Å². The lowest BCUT2D eigenvalue weighted by Crippen LogP contribution is -1.99. The maximum absolute atomic E-state index is 9.81. The molecule has 1 aromatic carbocycles. The molecule has 0 atom stereocenters. The summed E-state index contributed by atoms with van der Waals surface area (Å²) in [5.74, 6) is 0.879. The van der Waals surface area contributed by atoms with Gasteiger partial charge >= 0.3 is 0 Å². The van der Waals surface area contributed by atoms with E-state index in [4.69, 9.17) is 4.74 Å². The van der Waals surface area contributed by atoms with Crippen LogP contribution in [0.5, 0.6) is 5.75 Å². The first kappa shape index (κ1) is 10.6. The molecule has 0 aliphatic carbocycles. The lowest BCUT2D eigenvalue weighted by Gasteiger charge is -2.04. The zero-order valence-electron chi connectivity index (χ0n) is 8.02. The van der Waals surface area contributed by atoms with Crippen LogP contribution in [0.2, 0.25) is 0 Å². The van der Waals surface area contributed by atoms with Gasteiger partial charge in [-0.25, -0.2) is 0 Å². The second kappa shape index (κ2) is 6.95. The SMILES string of the molecule is O=COCCCCOc1ccccc1. The van der Waals surface area contributed by atoms with Crippen LogP contribution in [-0.4, -0.2) is 19.7 Å². The number of unbranched alkanes of at least 4 members (excludes halogenated alkanes) is 1. The summed E-state index contributed by atoms with van der Waals surface area (Å²) in [5.41, 5.74) is 0. The molecule has 0 N–H and O–H groups in total. The minimum atomic E-state index is 0.470. The molecule has 0 aliphatic heterocycles. The van der Waals surface area contributed by atoms with Crippen molar-refractivity contribution >= 4 is 6.47 Å². The van der Waals surface area contributed by atoms with Gasteiger partial charge in [0.05, 0.1) is 13.2 Å². The van der Waals surface area contributed by atoms with Gasteiger partial charge in [-0.1, -0.05) is 18.2 Å². The molecular weight excluding hydrogens is 180 g/mol. The molecule has 1 aromatic rings. The molecule has 0 unspecified atom stereocenters. The number of para-hydroxylation sites is 1. The number of ether oxygens (including phenoxy) is 2. The van der Waals surface area contributed by atoms with E-state index in [0.717, 1.165) is 18.6 Å². The minimum absolute atomic E-state index is 0.470. The molecule has 0 amide bonds. The average molecular weight is 194 g/mol. The van der Waals surface area contributed by atoms with Gasteiger partial charge in [0.2, 0.25) is 0 Å². The predicted octanol–water partition coefficient (Wildman–Crippen LogP) is 2.02. The van der Waals surface area contributed by atoms with Gasteiger partial charge in [0.1, 0.15) is 5.75 Å². The van der Waals surface area contributed by atoms with Crippen molar-refractivity contribution in [3.63, 3.8) is 0 Å². The summed E-state index contributed by atoms with van der Waals surface area (Å²) in [6.45, 7) is 1.60. The van der Waals surface area contributed by atoms with Gasteiger partial charge in [0, 0.05) is 0 Å². The quantitative estimate of drug-likeness (QED) is 0.492. The van der Waals surface area contributed by atoms with Crippen LogP contribution in [-0.2, 0) is 9.53 Å². The van der Waals surface area contributed by atoms with E-state index >= 15 is 0 Å². The molecule has 3 nitrogen and oxygen atoms in total. The number of carbonyl (C=O) groups is 1. The van der Waals surface area contributed by atoms with Gasteiger partial charge in [0.15, 0.2) is 0 Å². The first-order chi connectivity index (χ1) is 6.93. The van der Waals surface area contributed by atoms with E-state index in [1.807, 2.05) is 30.3 Å². The molecule has 0 saturated heterocycles. The van der Waals surface area contributed by atoms with Crippen LogP contribution in [0.3, 0.4) is 0 Å². The summed E-state index contributed by atoms with van der Waals surface area (Å²) in [4.78, 5) is 9.81. The van der Waals surface area contributed by atoms with E-state index < -0.39 is 0 Å². The third-order valence-electron chi connectivity index (χ3n) is 1.74. The molecule has 0 radical (unpaired) electrons. The topological polar surface area (TPSA) is 35.5 Å². The summed E-state index contributed by atoms with van der Waals surface area (Å²) in [7, 11) is 0. The number of hydrogen-bond donors (Lipinski definition) is 0. The van der Waals surface area contributed by atoms with Gasteiger partial charge in [-0.05, 0) is 25.0 Å². The van der Waals surface area contributed by atoms with Crippen LogP contribution in [0.1, 0.15) is 12.8 Å². The maximum Gasteiger partial charge on any atom is 0.293 e. The largest absolute Gasteiger partial charge is 0.494 e. The van der Waals surface area contributed by atoms with E-state index in [-0.39, 0.29) is 0 Å². The normalized spacial score (nSPS) is 9.43. The van der Waals surface area contributed by atoms with Crippen molar-refractivity contribution in [1.82, 2.24) is 0 Å². The van der Waals surface area contributed by atoms with E-state index in [2.05, 4.69) is 4.74 Å². The molecule has 0 aromatic heterocycles. The fourth-order valence-corrected chi connectivity index (χ4v) is 1.04. The van der Waals surface area contributed by atoms with Gasteiger partial charge in [-0.15, -0.1) is 0 Å². The highest BCUT2D eigenvalue weighted by molar-refractivity contribution is 5.36. The molecule has 0 saturated carbocycles. The molecule has 14 heavy (non-hydrogen) atoms. The molecule has 1 rings (SSSR count). The second-order valence-electron chi connectivity index (χ2n) is 2.84. The third-order valence-corrected chi connectivity index (χ3v) is 1.74. The smallest absolute Gasteiger partial charge is 0.293 e. The summed E-state index contributed by atoms with van der Waals surface area (Å²) in [6.07, 6.45) is 1.73. The van der Waals surface area contributed by atoms with E-state index in [1.165, 1.54) is 0 Å². The Hall–Kier alpha value is -1.51. The highest BCUT2D eigenvalue weighted by Crippen LogP contribution is 2.08. The first-order valence-corrected chi connectivity index (χ1v) is 4.66. The lowest BCUT2D eigenvalue weighted by atomic mass is 10.3. The minimum Gasteiger partial charge on any atom is -0.494 e. The van der Waals surface area contributed by atoms with Crippen molar-refractivity contribution in [2.75, 3.05) is 13.2 Å². The van der Waals surface area contributed by atoms with Gasteiger partial charge in [0.25, 0.3) is 6.47 Å². The van der Waals surface area contributed by atoms with Gasteiger partial charge in [-0.3, -0.25) is 4.79 Å². The molecule has 76 valence electrons. The molecule has 0 fully saturated rings. The highest BCUT2D eigenvalue weighted by atomic mass is 16.5. The second-order valence-corrected chi connectivity index (χ2v) is 2.84. The lowest BCUT2D eigenvalue weighted by molar-refractivity contribution is -0.128. The Kier molecular flexibility index (Phi) is 5.25. The Balaban J connectivity index is 2.02. The van der Waals surface area contributed by atoms with Crippen molar-refractivity contribution in [3.05, 3.63) is 30.3 Å². The van der Waals surface area contributed by atoms with Crippen molar-refractivity contribution in [2.45, 2.75) is 12.8 Å². The van der Waals surface area contributed by atoms with Crippen molar-refractivity contribution in [3.8, 4) is 5.75 Å². The first-order valence-electron chi connectivity index (χ1n) is 4.66. The zero-order valence-corrected chi connectivity index (χ0v) is 8.02. The Morgan fingerprint density at radius 2 is 1.79 bits per heavy atom. The summed E-state index contributed by atoms with van der Waals surface area (Å²) < 4.78 is 9.99. The van der Waals surface area contributed by atoms with Gasteiger partial charge in [-0.2, -0.15) is 0 Å². The van der Waals surface area contributed by atoms with E-state index in [1.54, 1.807) is 0 Å². The molecule has 3 heteroatoms. The summed E-state index contributed by atoms with van der Waals surface area (Å²) in [5, 5.41) is 0. The Bertz CT molecular complexity index is 246. The van der Waals surface area contributed by atoms with Gasteiger partial charge < -0.3 is 9.47 Å². The van der Waals surface area contributed by atoms with E-state index in [9.17, 15) is 4.79 Å². The standard InChI is InChI=1S/C11H14O3/c12-10-13-8-4-5-9-14-11-6-2-1-3-7-11/h1-3,6-7,10H,4-5,8-9H2. The summed E-state index contributed by atoms with van der Waals surface area (Å²) >= 11 is 0. The van der Waals surface area contributed by atoms with Crippen LogP contribution in [0.15, 0.2) is 30.3 Å². The van der Waals surface area contributed by atoms with E-state index in [0.29, 0.717) is 19.7 Å². The Labute approximate surface area is 83.6 Å². The molecule has 0 spiro atoms.